The summed E-state index contributed by atoms with van der Waals surface area (Å²) in [5.74, 6) is -0.329. The van der Waals surface area contributed by atoms with E-state index in [4.69, 9.17) is 0 Å². The second-order valence-corrected chi connectivity index (χ2v) is 7.03. The Labute approximate surface area is 162 Å². The Kier molecular flexibility index (Phi) is 5.98. The van der Waals surface area contributed by atoms with Crippen LogP contribution >= 0.6 is 11.3 Å². The highest BCUT2D eigenvalue weighted by Gasteiger charge is 2.06. The van der Waals surface area contributed by atoms with Gasteiger partial charge >= 0.3 is 0 Å². The van der Waals surface area contributed by atoms with Crippen molar-refractivity contribution >= 4 is 23.2 Å². The molecule has 3 aromatic rings. The topological polar surface area (TPSA) is 63.5 Å². The average Bonchev–Trinajstić information content (AvgIpc) is 3.09. The van der Waals surface area contributed by atoms with Crippen LogP contribution in [0.1, 0.15) is 38.8 Å². The number of aryl methyl sites for hydroxylation is 1. The monoisotopic (exact) mass is 379 g/mol. The summed E-state index contributed by atoms with van der Waals surface area (Å²) in [4.78, 5) is 29.1. The molecule has 6 heteroatoms. The van der Waals surface area contributed by atoms with Gasteiger partial charge in [-0.25, -0.2) is 0 Å². The third-order valence-electron chi connectivity index (χ3n) is 4.06. The Balaban J connectivity index is 1.78. The standard InChI is InChI=1S/C21H21N3O2S/c1-3-22-19(25)17-10-6-16(7-11-17)14-24-12-13-27-21(24)23-20(26)18-8-4-15(2)5-9-18/h4-13H,3,14H2,1-2H3,(H,22,25). The number of rotatable bonds is 5. The van der Waals surface area contributed by atoms with Gasteiger partial charge in [-0.05, 0) is 43.7 Å². The normalized spacial score (nSPS) is 11.4. The highest BCUT2D eigenvalue weighted by atomic mass is 32.1. The quantitative estimate of drug-likeness (QED) is 0.738. The number of benzene rings is 2. The third kappa shape index (κ3) is 4.80. The second kappa shape index (κ2) is 8.60. The van der Waals surface area contributed by atoms with Crippen LogP contribution in [0.15, 0.2) is 65.1 Å². The van der Waals surface area contributed by atoms with Gasteiger partial charge in [0, 0.05) is 35.8 Å². The van der Waals surface area contributed by atoms with E-state index >= 15 is 0 Å². The minimum absolute atomic E-state index is 0.0772. The van der Waals surface area contributed by atoms with Crippen LogP contribution in [0.5, 0.6) is 0 Å². The summed E-state index contributed by atoms with van der Waals surface area (Å²) in [5, 5.41) is 4.69. The van der Waals surface area contributed by atoms with Gasteiger partial charge in [-0.2, -0.15) is 4.99 Å². The largest absolute Gasteiger partial charge is 0.352 e. The van der Waals surface area contributed by atoms with Gasteiger partial charge < -0.3 is 9.88 Å². The molecule has 138 valence electrons. The Morgan fingerprint density at radius 3 is 2.37 bits per heavy atom. The number of carbonyl (C=O) groups excluding carboxylic acids is 2. The Bertz CT molecular complexity index is 999. The summed E-state index contributed by atoms with van der Waals surface area (Å²) in [7, 11) is 0. The van der Waals surface area contributed by atoms with Crippen molar-refractivity contribution in [1.82, 2.24) is 9.88 Å². The number of carbonyl (C=O) groups is 2. The highest BCUT2D eigenvalue weighted by molar-refractivity contribution is 7.07. The summed E-state index contributed by atoms with van der Waals surface area (Å²) in [5.41, 5.74) is 3.35. The van der Waals surface area contributed by atoms with Crippen LogP contribution < -0.4 is 10.1 Å². The fraction of sp³-hybridized carbons (Fsp3) is 0.190. The van der Waals surface area contributed by atoms with Crippen molar-refractivity contribution in [3.8, 4) is 0 Å². The maximum atomic E-state index is 12.4. The fourth-order valence-electron chi connectivity index (χ4n) is 2.58. The van der Waals surface area contributed by atoms with Crippen LogP contribution in [0, 0.1) is 6.92 Å². The third-order valence-corrected chi connectivity index (χ3v) is 4.86. The molecule has 0 fully saturated rings. The van der Waals surface area contributed by atoms with Gasteiger partial charge in [-0.3, -0.25) is 9.59 Å². The number of nitrogens with one attached hydrogen (secondary N) is 1. The Hall–Kier alpha value is -2.99. The van der Waals surface area contributed by atoms with E-state index in [1.807, 2.05) is 66.4 Å². The van der Waals surface area contributed by atoms with Gasteiger partial charge in [-0.15, -0.1) is 11.3 Å². The molecular weight excluding hydrogens is 358 g/mol. The lowest BCUT2D eigenvalue weighted by atomic mass is 10.1. The number of aromatic nitrogens is 1. The molecule has 1 aromatic heterocycles. The van der Waals surface area contributed by atoms with Crippen LogP contribution in [0.25, 0.3) is 0 Å². The zero-order chi connectivity index (χ0) is 19.2. The molecule has 0 atom stereocenters. The predicted octanol–water partition coefficient (Wildman–Crippen LogP) is 3.40. The Morgan fingerprint density at radius 2 is 1.70 bits per heavy atom. The number of amides is 2. The van der Waals surface area contributed by atoms with E-state index in [2.05, 4.69) is 10.3 Å². The minimum Gasteiger partial charge on any atom is -0.352 e. The summed E-state index contributed by atoms with van der Waals surface area (Å²) in [6, 6.07) is 14.8. The van der Waals surface area contributed by atoms with Crippen LogP contribution in [-0.4, -0.2) is 22.9 Å². The average molecular weight is 379 g/mol. The van der Waals surface area contributed by atoms with Crippen molar-refractivity contribution in [2.24, 2.45) is 4.99 Å². The lowest BCUT2D eigenvalue weighted by Gasteiger charge is -2.06. The molecule has 0 unspecified atom stereocenters. The van der Waals surface area contributed by atoms with Crippen molar-refractivity contribution in [2.45, 2.75) is 20.4 Å². The molecule has 0 saturated carbocycles. The minimum atomic E-state index is -0.252. The fourth-order valence-corrected chi connectivity index (χ4v) is 3.30. The van der Waals surface area contributed by atoms with Crippen LogP contribution in [0.4, 0.5) is 0 Å². The van der Waals surface area contributed by atoms with E-state index in [0.717, 1.165) is 11.1 Å². The summed E-state index contributed by atoms with van der Waals surface area (Å²) >= 11 is 1.42. The number of thiazole rings is 1. The molecular formula is C21H21N3O2S. The van der Waals surface area contributed by atoms with Gasteiger partial charge in [0.2, 0.25) is 0 Å². The maximum Gasteiger partial charge on any atom is 0.279 e. The van der Waals surface area contributed by atoms with E-state index in [-0.39, 0.29) is 11.8 Å². The van der Waals surface area contributed by atoms with Gasteiger partial charge in [0.05, 0.1) is 0 Å². The maximum absolute atomic E-state index is 12.4. The smallest absolute Gasteiger partial charge is 0.279 e. The highest BCUT2D eigenvalue weighted by Crippen LogP contribution is 2.08. The van der Waals surface area contributed by atoms with Crippen molar-refractivity contribution in [1.29, 1.82) is 0 Å². The van der Waals surface area contributed by atoms with Crippen molar-refractivity contribution in [3.05, 3.63) is 87.2 Å². The van der Waals surface area contributed by atoms with Gasteiger partial charge in [0.15, 0.2) is 4.80 Å². The molecule has 0 aliphatic carbocycles. The SMILES string of the molecule is CCNC(=O)c1ccc(Cn2ccsc2=NC(=O)c2ccc(C)cc2)cc1. The molecule has 1 N–H and O–H groups in total. The van der Waals surface area contributed by atoms with Crippen molar-refractivity contribution < 1.29 is 9.59 Å². The predicted molar refractivity (Wildman–Crippen MR) is 107 cm³/mol. The molecule has 0 aliphatic heterocycles. The second-order valence-electron chi connectivity index (χ2n) is 6.15. The van der Waals surface area contributed by atoms with E-state index < -0.39 is 0 Å². The number of nitrogens with zero attached hydrogens (tertiary/aromatic N) is 2. The Morgan fingerprint density at radius 1 is 1.04 bits per heavy atom. The van der Waals surface area contributed by atoms with Crippen LogP contribution in [-0.2, 0) is 6.54 Å². The first-order valence-corrected chi connectivity index (χ1v) is 9.61. The van der Waals surface area contributed by atoms with E-state index in [1.54, 1.807) is 12.1 Å². The van der Waals surface area contributed by atoms with Gasteiger partial charge in [0.1, 0.15) is 0 Å². The lowest BCUT2D eigenvalue weighted by Crippen LogP contribution is -2.22. The van der Waals surface area contributed by atoms with Crippen LogP contribution in [0.3, 0.4) is 0 Å². The van der Waals surface area contributed by atoms with Gasteiger partial charge in [-0.1, -0.05) is 29.8 Å². The van der Waals surface area contributed by atoms with E-state index in [0.29, 0.717) is 29.0 Å². The molecule has 0 bridgehead atoms. The van der Waals surface area contributed by atoms with E-state index in [1.165, 1.54) is 11.3 Å². The molecule has 2 aromatic carbocycles. The molecule has 0 aliphatic rings. The zero-order valence-corrected chi connectivity index (χ0v) is 16.1. The first-order valence-electron chi connectivity index (χ1n) is 8.73. The lowest BCUT2D eigenvalue weighted by molar-refractivity contribution is 0.0954. The zero-order valence-electron chi connectivity index (χ0n) is 15.3. The molecule has 27 heavy (non-hydrogen) atoms. The van der Waals surface area contributed by atoms with Crippen molar-refractivity contribution in [3.63, 3.8) is 0 Å². The molecule has 3 rings (SSSR count). The van der Waals surface area contributed by atoms with E-state index in [9.17, 15) is 9.59 Å². The summed E-state index contributed by atoms with van der Waals surface area (Å²) in [6.07, 6.45) is 1.91. The first kappa shape index (κ1) is 18.8. The molecule has 0 spiro atoms. The molecule has 0 saturated heterocycles. The van der Waals surface area contributed by atoms with Gasteiger partial charge in [0.25, 0.3) is 11.8 Å². The van der Waals surface area contributed by atoms with Crippen molar-refractivity contribution in [2.75, 3.05) is 6.54 Å². The molecule has 0 radical (unpaired) electrons. The summed E-state index contributed by atoms with van der Waals surface area (Å²) in [6.45, 7) is 5.06. The summed E-state index contributed by atoms with van der Waals surface area (Å²) < 4.78 is 1.93. The first-order chi connectivity index (χ1) is 13.1. The molecule has 5 nitrogen and oxygen atoms in total. The number of hydrogen-bond donors (Lipinski definition) is 1. The number of hydrogen-bond acceptors (Lipinski definition) is 3. The van der Waals surface area contributed by atoms with Crippen LogP contribution in [0.2, 0.25) is 0 Å². The molecule has 1 heterocycles. The molecule has 2 amide bonds.